The molecule has 19 heteroatoms. The van der Waals surface area contributed by atoms with Crippen LogP contribution >= 0.6 is 0 Å². The van der Waals surface area contributed by atoms with Crippen molar-refractivity contribution in [3.8, 4) is 0 Å². The molecule has 0 rings (SSSR count). The Bertz CT molecular complexity index is 563. The normalized spacial score (nSPS) is 16.6. The molecule has 0 saturated carbocycles. The van der Waals surface area contributed by atoms with Crippen molar-refractivity contribution in [3.05, 3.63) is 0 Å². The Labute approximate surface area is 145 Å². The predicted molar refractivity (Wildman–Crippen MR) is 56.6 cm³/mol. The first-order valence-corrected chi connectivity index (χ1v) is 6.83. The van der Waals surface area contributed by atoms with E-state index in [1.54, 1.807) is 0 Å². The molecular formula is C9H5F17OSi. The molecule has 0 unspecified atom stereocenters. The van der Waals surface area contributed by atoms with E-state index in [2.05, 4.69) is 4.43 Å². The fourth-order valence-corrected chi connectivity index (χ4v) is 1.83. The average molecular weight is 480 g/mol. The highest BCUT2D eigenvalue weighted by Crippen LogP contribution is 2.63. The van der Waals surface area contributed by atoms with Crippen molar-refractivity contribution in [3.63, 3.8) is 0 Å². The second-order valence-corrected chi connectivity index (χ2v) is 5.66. The van der Waals surface area contributed by atoms with E-state index in [0.29, 0.717) is 0 Å². The lowest BCUT2D eigenvalue weighted by molar-refractivity contribution is -0.462. The molecule has 170 valence electrons. The minimum Gasteiger partial charge on any atom is -0.422 e. The molecule has 0 fully saturated rings. The zero-order valence-electron chi connectivity index (χ0n) is 12.5. The smallest absolute Gasteiger partial charge is 0.422 e. The molecule has 0 aliphatic heterocycles. The zero-order valence-corrected chi connectivity index (χ0v) is 14.5. The standard InChI is InChI=1S/C9H5F17OSi/c10-2(11,1-27-28)3(12,13)4(14,15)5(16,17)6(18,19)7(20,21)8(22,23)9(24,25)26/h1H2,28H3. The molecule has 0 aliphatic carbocycles. The monoisotopic (exact) mass is 480 g/mol. The maximum absolute atomic E-state index is 13.1. The lowest BCUT2D eigenvalue weighted by Gasteiger charge is -2.42. The Morgan fingerprint density at radius 1 is 0.429 bits per heavy atom. The van der Waals surface area contributed by atoms with Crippen LogP contribution in [0.4, 0.5) is 74.6 Å². The highest BCUT2D eigenvalue weighted by atomic mass is 28.2. The molecule has 0 bridgehead atoms. The number of alkyl halides is 17. The van der Waals surface area contributed by atoms with Crippen LogP contribution in [0.25, 0.3) is 0 Å². The van der Waals surface area contributed by atoms with Gasteiger partial charge in [0.2, 0.25) is 0 Å². The predicted octanol–water partition coefficient (Wildman–Crippen LogP) is 4.29. The number of rotatable bonds is 8. The van der Waals surface area contributed by atoms with E-state index in [1.807, 2.05) is 0 Å². The van der Waals surface area contributed by atoms with Gasteiger partial charge in [-0.15, -0.1) is 0 Å². The van der Waals surface area contributed by atoms with Gasteiger partial charge in [0.05, 0.1) is 0 Å². The number of hydrogen-bond donors (Lipinski definition) is 0. The molecule has 0 aromatic heterocycles. The Balaban J connectivity index is 6.63. The maximum Gasteiger partial charge on any atom is 0.460 e. The molecule has 1 nitrogen and oxygen atoms in total. The summed E-state index contributed by atoms with van der Waals surface area (Å²) in [4.78, 5) is 0. The minimum atomic E-state index is -8.59. The summed E-state index contributed by atoms with van der Waals surface area (Å²) in [5.41, 5.74) is 0. The van der Waals surface area contributed by atoms with Crippen LogP contribution in [0.2, 0.25) is 0 Å². The zero-order chi connectivity index (χ0) is 23.4. The Hall–Kier alpha value is -1.01. The highest BCUT2D eigenvalue weighted by Gasteiger charge is 2.95. The summed E-state index contributed by atoms with van der Waals surface area (Å²) in [7, 11) is -0.936. The van der Waals surface area contributed by atoms with Crippen LogP contribution in [0, 0.1) is 0 Å². The van der Waals surface area contributed by atoms with Crippen molar-refractivity contribution in [2.75, 3.05) is 6.61 Å². The Morgan fingerprint density at radius 2 is 0.679 bits per heavy atom. The van der Waals surface area contributed by atoms with Crippen LogP contribution in [0.5, 0.6) is 0 Å². The quantitative estimate of drug-likeness (QED) is 0.372. The number of halogens is 17. The van der Waals surface area contributed by atoms with E-state index in [-0.39, 0.29) is 0 Å². The fraction of sp³-hybridized carbons (Fsp3) is 1.00. The summed E-state index contributed by atoms with van der Waals surface area (Å²) in [6, 6.07) is 0. The van der Waals surface area contributed by atoms with Gasteiger partial charge in [-0.05, 0) is 0 Å². The van der Waals surface area contributed by atoms with Crippen molar-refractivity contribution >= 4 is 10.5 Å². The summed E-state index contributed by atoms with van der Waals surface area (Å²) in [5, 5.41) is 0. The van der Waals surface area contributed by atoms with E-state index in [1.165, 1.54) is 0 Å². The average Bonchev–Trinajstić information content (AvgIpc) is 2.44. The van der Waals surface area contributed by atoms with Gasteiger partial charge in [-0.3, -0.25) is 0 Å². The van der Waals surface area contributed by atoms with Gasteiger partial charge in [-0.1, -0.05) is 0 Å². The van der Waals surface area contributed by atoms with E-state index >= 15 is 0 Å². The van der Waals surface area contributed by atoms with Crippen molar-refractivity contribution in [2.45, 2.75) is 47.6 Å². The van der Waals surface area contributed by atoms with E-state index < -0.39 is 64.7 Å². The van der Waals surface area contributed by atoms with Gasteiger partial charge < -0.3 is 4.43 Å². The van der Waals surface area contributed by atoms with Gasteiger partial charge in [-0.2, -0.15) is 74.6 Å². The maximum atomic E-state index is 13.1. The highest BCUT2D eigenvalue weighted by molar-refractivity contribution is 5.97. The van der Waals surface area contributed by atoms with Crippen LogP contribution in [-0.2, 0) is 4.43 Å². The van der Waals surface area contributed by atoms with E-state index in [0.717, 1.165) is 0 Å². The molecule has 0 saturated heterocycles. The van der Waals surface area contributed by atoms with Gasteiger partial charge in [-0.25, -0.2) is 0 Å². The third-order valence-corrected chi connectivity index (χ3v) is 3.40. The van der Waals surface area contributed by atoms with E-state index in [4.69, 9.17) is 0 Å². The van der Waals surface area contributed by atoms with Gasteiger partial charge >= 0.3 is 47.6 Å². The number of hydrogen-bond acceptors (Lipinski definition) is 1. The second kappa shape index (κ2) is 6.76. The summed E-state index contributed by atoms with van der Waals surface area (Å²) in [6.45, 7) is -2.82. The summed E-state index contributed by atoms with van der Waals surface area (Å²) >= 11 is 0. The molecule has 0 aromatic carbocycles. The van der Waals surface area contributed by atoms with Gasteiger partial charge in [0.15, 0.2) is 0 Å². The van der Waals surface area contributed by atoms with Crippen LogP contribution < -0.4 is 0 Å². The molecule has 0 spiro atoms. The SMILES string of the molecule is FC(F)(F)C(F)(F)C(F)(F)C(F)(F)C(F)(F)C(F)(F)C(F)(F)C(F)(F)CO[SiH3]. The van der Waals surface area contributed by atoms with E-state index in [9.17, 15) is 74.6 Å². The lowest BCUT2D eigenvalue weighted by atomic mass is 9.89. The lowest BCUT2D eigenvalue weighted by Crippen LogP contribution is -2.74. The van der Waals surface area contributed by atoms with Crippen LogP contribution in [0.1, 0.15) is 0 Å². The van der Waals surface area contributed by atoms with Crippen LogP contribution in [-0.4, -0.2) is 64.7 Å². The van der Waals surface area contributed by atoms with Gasteiger partial charge in [0, 0.05) is 0 Å². The second-order valence-electron chi connectivity index (χ2n) is 5.08. The first-order valence-electron chi connectivity index (χ1n) is 6.01. The topological polar surface area (TPSA) is 9.23 Å². The molecular weight excluding hydrogens is 475 g/mol. The molecule has 0 aromatic rings. The summed E-state index contributed by atoms with van der Waals surface area (Å²) in [6.07, 6.45) is -7.75. The molecule has 28 heavy (non-hydrogen) atoms. The molecule has 0 radical (unpaired) electrons. The van der Waals surface area contributed by atoms with Gasteiger partial charge in [0.25, 0.3) is 0 Å². The molecule has 0 atom stereocenters. The minimum absolute atomic E-state index is 0.936. The Morgan fingerprint density at radius 3 is 0.929 bits per heavy atom. The molecule has 0 aliphatic rings. The van der Waals surface area contributed by atoms with Crippen molar-refractivity contribution in [1.82, 2.24) is 0 Å². The largest absolute Gasteiger partial charge is 0.460 e. The fourth-order valence-electron chi connectivity index (χ4n) is 1.47. The van der Waals surface area contributed by atoms with Crippen LogP contribution in [0.3, 0.4) is 0 Å². The van der Waals surface area contributed by atoms with Crippen molar-refractivity contribution < 1.29 is 79.1 Å². The van der Waals surface area contributed by atoms with Crippen molar-refractivity contribution in [2.24, 2.45) is 0 Å². The van der Waals surface area contributed by atoms with Gasteiger partial charge in [0.1, 0.15) is 17.1 Å². The molecule has 0 heterocycles. The third kappa shape index (κ3) is 3.30. The third-order valence-electron chi connectivity index (χ3n) is 3.11. The molecule has 0 N–H and O–H groups in total. The summed E-state index contributed by atoms with van der Waals surface area (Å²) < 4.78 is 220. The molecule has 0 amide bonds. The Kier molecular flexibility index (Phi) is 6.52. The first-order chi connectivity index (χ1) is 11.8. The van der Waals surface area contributed by atoms with Crippen molar-refractivity contribution in [1.29, 1.82) is 0 Å². The van der Waals surface area contributed by atoms with Crippen LogP contribution in [0.15, 0.2) is 0 Å². The summed E-state index contributed by atoms with van der Waals surface area (Å²) in [5.74, 6) is -56.1. The first kappa shape index (κ1) is 27.0.